The number of sulfonamides is 1. The lowest BCUT2D eigenvalue weighted by Crippen LogP contribution is -2.53. The summed E-state index contributed by atoms with van der Waals surface area (Å²) in [5.41, 5.74) is 5.80. The Kier molecular flexibility index (Phi) is 4.90. The van der Waals surface area contributed by atoms with E-state index in [9.17, 15) is 8.42 Å². The molecule has 1 aromatic heterocycles. The fraction of sp³-hybridized carbons (Fsp3) is 0.769. The monoisotopic (exact) mass is 315 g/mol. The van der Waals surface area contributed by atoms with Gasteiger partial charge in [0, 0.05) is 38.4 Å². The van der Waals surface area contributed by atoms with Gasteiger partial charge in [0.05, 0.1) is 0 Å². The predicted molar refractivity (Wildman–Crippen MR) is 82.4 cm³/mol. The van der Waals surface area contributed by atoms with Gasteiger partial charge in [0.25, 0.3) is 0 Å². The second-order valence-corrected chi connectivity index (χ2v) is 7.39. The minimum absolute atomic E-state index is 0.0917. The van der Waals surface area contributed by atoms with E-state index in [1.807, 2.05) is 6.92 Å². The smallest absolute Gasteiger partial charge is 0.248 e. The molecular weight excluding hydrogens is 290 g/mol. The molecule has 0 radical (unpaired) electrons. The number of anilines is 1. The van der Waals surface area contributed by atoms with E-state index in [1.54, 1.807) is 10.9 Å². The molecule has 1 aliphatic rings. The van der Waals surface area contributed by atoms with E-state index < -0.39 is 10.0 Å². The summed E-state index contributed by atoms with van der Waals surface area (Å²) in [5.74, 6) is 0.0917. The summed E-state index contributed by atoms with van der Waals surface area (Å²) in [6, 6.07) is 0.213. The molecule has 120 valence electrons. The molecule has 2 N–H and O–H groups in total. The van der Waals surface area contributed by atoms with E-state index in [-0.39, 0.29) is 16.8 Å². The maximum atomic E-state index is 12.7. The lowest BCUT2D eigenvalue weighted by atomic mass is 10.2. The first kappa shape index (κ1) is 16.3. The number of aryl methyl sites for hydroxylation is 1. The third kappa shape index (κ3) is 3.22. The normalized spacial score (nSPS) is 21.8. The summed E-state index contributed by atoms with van der Waals surface area (Å²) in [7, 11) is -3.56. The summed E-state index contributed by atoms with van der Waals surface area (Å²) in [5, 5.41) is 4.09. The zero-order valence-corrected chi connectivity index (χ0v) is 13.8. The first-order valence-corrected chi connectivity index (χ1v) is 8.91. The Bertz CT molecular complexity index is 583. The molecule has 1 saturated heterocycles. The van der Waals surface area contributed by atoms with Crippen molar-refractivity contribution in [1.82, 2.24) is 19.0 Å². The molecule has 1 atom stereocenters. The number of piperazine rings is 1. The molecule has 21 heavy (non-hydrogen) atoms. The standard InChI is InChI=1S/C13H25N5O2S/c1-4-6-17-10-12(13(14)15-17)21(19,20)18-8-7-16(5-2)11(3)9-18/h10-11H,4-9H2,1-3H3,(H2,14,15). The van der Waals surface area contributed by atoms with Crippen LogP contribution in [0, 0.1) is 0 Å². The lowest BCUT2D eigenvalue weighted by molar-refractivity contribution is 0.135. The van der Waals surface area contributed by atoms with Crippen LogP contribution in [0.15, 0.2) is 11.1 Å². The third-order valence-electron chi connectivity index (χ3n) is 3.96. The maximum absolute atomic E-state index is 12.7. The van der Waals surface area contributed by atoms with Gasteiger partial charge in [0.15, 0.2) is 5.82 Å². The van der Waals surface area contributed by atoms with Gasteiger partial charge in [0.1, 0.15) is 4.90 Å². The molecule has 0 amide bonds. The van der Waals surface area contributed by atoms with Crippen LogP contribution in [0.1, 0.15) is 27.2 Å². The topological polar surface area (TPSA) is 84.5 Å². The zero-order valence-electron chi connectivity index (χ0n) is 13.0. The fourth-order valence-electron chi connectivity index (χ4n) is 2.75. The Hall–Kier alpha value is -1.12. The first-order valence-electron chi connectivity index (χ1n) is 7.47. The maximum Gasteiger partial charge on any atom is 0.248 e. The van der Waals surface area contributed by atoms with Crippen molar-refractivity contribution in [2.75, 3.05) is 31.9 Å². The molecule has 2 heterocycles. The van der Waals surface area contributed by atoms with Crippen molar-refractivity contribution in [3.05, 3.63) is 6.20 Å². The number of rotatable bonds is 5. The number of aromatic nitrogens is 2. The van der Waals surface area contributed by atoms with Gasteiger partial charge in [0.2, 0.25) is 10.0 Å². The van der Waals surface area contributed by atoms with E-state index >= 15 is 0 Å². The van der Waals surface area contributed by atoms with Crippen LogP contribution in [0.3, 0.4) is 0 Å². The van der Waals surface area contributed by atoms with Crippen molar-refractivity contribution in [1.29, 1.82) is 0 Å². The van der Waals surface area contributed by atoms with Crippen LogP contribution < -0.4 is 5.73 Å². The molecule has 0 aromatic carbocycles. The Morgan fingerprint density at radius 3 is 2.67 bits per heavy atom. The molecule has 0 spiro atoms. The van der Waals surface area contributed by atoms with Gasteiger partial charge < -0.3 is 5.73 Å². The van der Waals surface area contributed by atoms with Crippen LogP contribution in [0.5, 0.6) is 0 Å². The first-order chi connectivity index (χ1) is 9.90. The second kappa shape index (κ2) is 6.33. The second-order valence-electron chi connectivity index (χ2n) is 5.48. The predicted octanol–water partition coefficient (Wildman–Crippen LogP) is 0.590. The molecule has 0 saturated carbocycles. The van der Waals surface area contributed by atoms with Gasteiger partial charge in [-0.1, -0.05) is 13.8 Å². The quantitative estimate of drug-likeness (QED) is 0.859. The van der Waals surface area contributed by atoms with Gasteiger partial charge in [-0.05, 0) is 19.9 Å². The molecule has 1 fully saturated rings. The van der Waals surface area contributed by atoms with Gasteiger partial charge >= 0.3 is 0 Å². The third-order valence-corrected chi connectivity index (χ3v) is 5.84. The Labute approximate surface area is 126 Å². The number of nitrogens with two attached hydrogens (primary N) is 1. The summed E-state index contributed by atoms with van der Waals surface area (Å²) >= 11 is 0. The highest BCUT2D eigenvalue weighted by molar-refractivity contribution is 7.89. The van der Waals surface area contributed by atoms with Crippen LogP contribution in [-0.2, 0) is 16.6 Å². The van der Waals surface area contributed by atoms with Crippen LogP contribution in [-0.4, -0.2) is 59.6 Å². The fourth-order valence-corrected chi connectivity index (χ4v) is 4.32. The van der Waals surface area contributed by atoms with Gasteiger partial charge in [-0.2, -0.15) is 9.40 Å². The summed E-state index contributed by atoms with van der Waals surface area (Å²) in [6.07, 6.45) is 2.43. The van der Waals surface area contributed by atoms with Gasteiger partial charge in [-0.3, -0.25) is 9.58 Å². The summed E-state index contributed by atoms with van der Waals surface area (Å²) < 4.78 is 28.6. The zero-order chi connectivity index (χ0) is 15.6. The Morgan fingerprint density at radius 1 is 1.38 bits per heavy atom. The molecule has 8 heteroatoms. The van der Waals surface area contributed by atoms with E-state index in [1.165, 1.54) is 4.31 Å². The Morgan fingerprint density at radius 2 is 2.10 bits per heavy atom. The largest absolute Gasteiger partial charge is 0.381 e. The summed E-state index contributed by atoms with van der Waals surface area (Å²) in [6.45, 7) is 9.50. The number of nitrogen functional groups attached to an aromatic ring is 1. The van der Waals surface area contributed by atoms with Gasteiger partial charge in [-0.25, -0.2) is 8.42 Å². The highest BCUT2D eigenvalue weighted by Gasteiger charge is 2.33. The highest BCUT2D eigenvalue weighted by Crippen LogP contribution is 2.23. The van der Waals surface area contributed by atoms with Crippen molar-refractivity contribution in [3.8, 4) is 0 Å². The van der Waals surface area contributed by atoms with Crippen LogP contribution >= 0.6 is 0 Å². The molecule has 1 unspecified atom stereocenters. The highest BCUT2D eigenvalue weighted by atomic mass is 32.2. The minimum Gasteiger partial charge on any atom is -0.381 e. The minimum atomic E-state index is -3.56. The van der Waals surface area contributed by atoms with Crippen LogP contribution in [0.4, 0.5) is 5.82 Å². The molecule has 0 bridgehead atoms. The van der Waals surface area contributed by atoms with E-state index in [4.69, 9.17) is 5.73 Å². The SMILES string of the molecule is CCCn1cc(S(=O)(=O)N2CCN(CC)C(C)C2)c(N)n1. The van der Waals surface area contributed by atoms with Crippen molar-refractivity contribution < 1.29 is 8.42 Å². The molecular formula is C13H25N5O2S. The van der Waals surface area contributed by atoms with Crippen molar-refractivity contribution in [2.24, 2.45) is 0 Å². The molecule has 7 nitrogen and oxygen atoms in total. The number of hydrogen-bond acceptors (Lipinski definition) is 5. The van der Waals surface area contributed by atoms with E-state index in [0.717, 1.165) is 19.5 Å². The number of nitrogens with zero attached hydrogens (tertiary/aromatic N) is 4. The average molecular weight is 315 g/mol. The van der Waals surface area contributed by atoms with Crippen molar-refractivity contribution in [3.63, 3.8) is 0 Å². The molecule has 2 rings (SSSR count). The lowest BCUT2D eigenvalue weighted by Gasteiger charge is -2.38. The molecule has 1 aromatic rings. The van der Waals surface area contributed by atoms with Crippen molar-refractivity contribution >= 4 is 15.8 Å². The average Bonchev–Trinajstić information content (AvgIpc) is 2.80. The molecule has 0 aliphatic carbocycles. The van der Waals surface area contributed by atoms with E-state index in [2.05, 4.69) is 23.8 Å². The van der Waals surface area contributed by atoms with Crippen molar-refractivity contribution in [2.45, 2.75) is 44.7 Å². The van der Waals surface area contributed by atoms with Crippen LogP contribution in [0.25, 0.3) is 0 Å². The number of hydrogen-bond donors (Lipinski definition) is 1. The Balaban J connectivity index is 2.22. The van der Waals surface area contributed by atoms with Gasteiger partial charge in [-0.15, -0.1) is 0 Å². The number of likely N-dealkylation sites (N-methyl/N-ethyl adjacent to an activating group) is 1. The van der Waals surface area contributed by atoms with E-state index in [0.29, 0.717) is 19.6 Å². The molecule has 1 aliphatic heterocycles. The summed E-state index contributed by atoms with van der Waals surface area (Å²) in [4.78, 5) is 2.41. The van der Waals surface area contributed by atoms with Crippen LogP contribution in [0.2, 0.25) is 0 Å².